The van der Waals surface area contributed by atoms with Gasteiger partial charge in [-0.05, 0) is 46.0 Å². The summed E-state index contributed by atoms with van der Waals surface area (Å²) in [5.41, 5.74) is -0.164. The molecular weight excluding hydrogens is 190 g/mol. The van der Waals surface area contributed by atoms with Crippen LogP contribution in [0.15, 0.2) is 0 Å². The number of hydrogen-bond donors (Lipinski definition) is 1. The van der Waals surface area contributed by atoms with Crippen LogP contribution >= 0.6 is 0 Å². The van der Waals surface area contributed by atoms with Crippen LogP contribution in [0.3, 0.4) is 0 Å². The number of hydrogen-bond acceptors (Lipinski definition) is 3. The molecule has 0 radical (unpaired) electrons. The van der Waals surface area contributed by atoms with Gasteiger partial charge in [0, 0.05) is 24.8 Å². The molecule has 0 bridgehead atoms. The Labute approximate surface area is 93.4 Å². The zero-order valence-corrected chi connectivity index (χ0v) is 10.7. The molecule has 15 heavy (non-hydrogen) atoms. The molecule has 1 heterocycles. The van der Waals surface area contributed by atoms with E-state index >= 15 is 0 Å². The molecule has 3 heteroatoms. The Bertz CT molecular complexity index is 218. The zero-order valence-electron chi connectivity index (χ0n) is 10.7. The van der Waals surface area contributed by atoms with Crippen LogP contribution in [-0.4, -0.2) is 35.1 Å². The number of rotatable bonds is 4. The van der Waals surface area contributed by atoms with Gasteiger partial charge >= 0.3 is 0 Å². The summed E-state index contributed by atoms with van der Waals surface area (Å²) in [7, 11) is 1.73. The molecule has 1 aliphatic heterocycles. The molecule has 90 valence electrons. The Morgan fingerprint density at radius 3 is 2.33 bits per heavy atom. The molecule has 1 rings (SSSR count). The minimum Gasteiger partial charge on any atom is -0.384 e. The smallest absolute Gasteiger partial charge is 0.0488 e. The topological polar surface area (TPSA) is 32.7 Å². The molecule has 2 unspecified atom stereocenters. The van der Waals surface area contributed by atoms with E-state index in [1.165, 1.54) is 0 Å². The van der Waals surface area contributed by atoms with E-state index in [2.05, 4.69) is 27.7 Å². The van der Waals surface area contributed by atoms with Crippen LogP contribution in [0.5, 0.6) is 0 Å². The molecule has 0 spiro atoms. The summed E-state index contributed by atoms with van der Waals surface area (Å²) < 4.78 is 5.15. The molecule has 0 saturated carbocycles. The number of ether oxygens (including phenoxy) is 1. The average molecular weight is 215 g/mol. The highest BCUT2D eigenvalue weighted by Gasteiger charge is 2.47. The van der Waals surface area contributed by atoms with E-state index in [0.717, 1.165) is 25.9 Å². The second kappa shape index (κ2) is 4.40. The minimum absolute atomic E-state index is 0.0818. The third-order valence-electron chi connectivity index (χ3n) is 3.60. The molecule has 2 atom stereocenters. The van der Waals surface area contributed by atoms with E-state index in [1.807, 2.05) is 0 Å². The van der Waals surface area contributed by atoms with Crippen LogP contribution in [-0.2, 0) is 4.74 Å². The fraction of sp³-hybridized carbons (Fsp3) is 1.00. The molecule has 0 aromatic carbocycles. The van der Waals surface area contributed by atoms with E-state index in [0.29, 0.717) is 5.92 Å². The van der Waals surface area contributed by atoms with Crippen molar-refractivity contribution < 1.29 is 9.94 Å². The molecule has 0 aliphatic carbocycles. The van der Waals surface area contributed by atoms with Gasteiger partial charge in [-0.1, -0.05) is 6.92 Å². The Morgan fingerprint density at radius 1 is 1.33 bits per heavy atom. The molecule has 1 saturated heterocycles. The minimum atomic E-state index is -0.0819. The van der Waals surface area contributed by atoms with E-state index in [-0.39, 0.29) is 11.1 Å². The Hall–Kier alpha value is -0.120. The van der Waals surface area contributed by atoms with Gasteiger partial charge in [-0.25, -0.2) is 0 Å². The summed E-state index contributed by atoms with van der Waals surface area (Å²) >= 11 is 0. The first kappa shape index (κ1) is 12.9. The summed E-state index contributed by atoms with van der Waals surface area (Å²) in [5, 5.41) is 11.7. The second-order valence-electron chi connectivity index (χ2n) is 5.89. The largest absolute Gasteiger partial charge is 0.384 e. The van der Waals surface area contributed by atoms with Crippen LogP contribution < -0.4 is 0 Å². The normalized spacial score (nSPS) is 33.2. The summed E-state index contributed by atoms with van der Waals surface area (Å²) in [5.74, 6) is 0.489. The van der Waals surface area contributed by atoms with Gasteiger partial charge in [-0.2, -0.15) is 5.06 Å². The molecule has 0 aromatic heterocycles. The maximum absolute atomic E-state index is 10.2. The number of methoxy groups -OCH3 is 1. The molecule has 1 N–H and O–H groups in total. The molecule has 3 nitrogen and oxygen atoms in total. The molecule has 0 aromatic rings. The van der Waals surface area contributed by atoms with Gasteiger partial charge in [0.1, 0.15) is 0 Å². The Balaban J connectivity index is 2.61. The summed E-state index contributed by atoms with van der Waals surface area (Å²) in [4.78, 5) is 0. The third kappa shape index (κ3) is 2.71. The van der Waals surface area contributed by atoms with Gasteiger partial charge < -0.3 is 9.94 Å². The van der Waals surface area contributed by atoms with Gasteiger partial charge in [-0.15, -0.1) is 0 Å². The summed E-state index contributed by atoms with van der Waals surface area (Å²) in [6.07, 6.45) is 3.10. The lowest BCUT2D eigenvalue weighted by Gasteiger charge is -2.38. The zero-order chi connectivity index (χ0) is 11.7. The highest BCUT2D eigenvalue weighted by Crippen LogP contribution is 2.42. The molecule has 0 amide bonds. The molecule has 1 fully saturated rings. The lowest BCUT2D eigenvalue weighted by Crippen LogP contribution is -2.48. The lowest BCUT2D eigenvalue weighted by molar-refractivity contribution is -0.202. The van der Waals surface area contributed by atoms with Crippen molar-refractivity contribution in [1.29, 1.82) is 0 Å². The quantitative estimate of drug-likeness (QED) is 0.782. The van der Waals surface area contributed by atoms with Crippen molar-refractivity contribution in [1.82, 2.24) is 5.06 Å². The van der Waals surface area contributed by atoms with E-state index in [9.17, 15) is 5.21 Å². The van der Waals surface area contributed by atoms with Crippen molar-refractivity contribution in [3.8, 4) is 0 Å². The maximum atomic E-state index is 10.2. The first-order valence-corrected chi connectivity index (χ1v) is 5.80. The van der Waals surface area contributed by atoms with E-state index < -0.39 is 0 Å². The SMILES string of the molecule is COCC(C)CC1(C)CCC(C)(C)N1O. The van der Waals surface area contributed by atoms with Crippen LogP contribution in [0.25, 0.3) is 0 Å². The van der Waals surface area contributed by atoms with Crippen molar-refractivity contribution in [2.45, 2.75) is 58.0 Å². The standard InChI is InChI=1S/C12H25NO2/c1-10(9-15-5)8-12(4)7-6-11(2,3)13(12)14/h10,14H,6-9H2,1-5H3. The third-order valence-corrected chi connectivity index (χ3v) is 3.60. The van der Waals surface area contributed by atoms with Gasteiger partial charge in [0.05, 0.1) is 0 Å². The predicted molar refractivity (Wildman–Crippen MR) is 61.0 cm³/mol. The first-order valence-electron chi connectivity index (χ1n) is 5.80. The molecular formula is C12H25NO2. The fourth-order valence-corrected chi connectivity index (χ4v) is 2.80. The van der Waals surface area contributed by atoms with Gasteiger partial charge in [-0.3, -0.25) is 0 Å². The monoisotopic (exact) mass is 215 g/mol. The lowest BCUT2D eigenvalue weighted by atomic mass is 9.89. The van der Waals surface area contributed by atoms with Crippen molar-refractivity contribution in [2.24, 2.45) is 5.92 Å². The highest BCUT2D eigenvalue weighted by molar-refractivity contribution is 4.98. The Kier molecular flexibility index (Phi) is 3.80. The van der Waals surface area contributed by atoms with Gasteiger partial charge in [0.2, 0.25) is 0 Å². The van der Waals surface area contributed by atoms with Crippen molar-refractivity contribution >= 4 is 0 Å². The van der Waals surface area contributed by atoms with E-state index in [4.69, 9.17) is 4.74 Å². The van der Waals surface area contributed by atoms with E-state index in [1.54, 1.807) is 12.2 Å². The van der Waals surface area contributed by atoms with Crippen molar-refractivity contribution in [3.63, 3.8) is 0 Å². The van der Waals surface area contributed by atoms with Crippen LogP contribution in [0.4, 0.5) is 0 Å². The number of nitrogens with zero attached hydrogens (tertiary/aromatic N) is 1. The fourth-order valence-electron chi connectivity index (χ4n) is 2.80. The van der Waals surface area contributed by atoms with Crippen molar-refractivity contribution in [2.75, 3.05) is 13.7 Å². The molecule has 1 aliphatic rings. The Morgan fingerprint density at radius 2 is 1.93 bits per heavy atom. The van der Waals surface area contributed by atoms with Crippen LogP contribution in [0.2, 0.25) is 0 Å². The number of hydroxylamine groups is 2. The van der Waals surface area contributed by atoms with Crippen molar-refractivity contribution in [3.05, 3.63) is 0 Å². The second-order valence-corrected chi connectivity index (χ2v) is 5.89. The first-order chi connectivity index (χ1) is 6.82. The van der Waals surface area contributed by atoms with Crippen LogP contribution in [0, 0.1) is 5.92 Å². The van der Waals surface area contributed by atoms with Gasteiger partial charge in [0.15, 0.2) is 0 Å². The highest BCUT2D eigenvalue weighted by atomic mass is 16.5. The van der Waals surface area contributed by atoms with Gasteiger partial charge in [0.25, 0.3) is 0 Å². The van der Waals surface area contributed by atoms with Crippen LogP contribution in [0.1, 0.15) is 47.0 Å². The average Bonchev–Trinajstić information content (AvgIpc) is 2.31. The summed E-state index contributed by atoms with van der Waals surface area (Å²) in [6, 6.07) is 0. The summed E-state index contributed by atoms with van der Waals surface area (Å²) in [6.45, 7) is 9.28. The predicted octanol–water partition coefficient (Wildman–Crippen LogP) is 2.68. The maximum Gasteiger partial charge on any atom is 0.0488 e.